The van der Waals surface area contributed by atoms with Crippen molar-refractivity contribution in [1.29, 1.82) is 0 Å². The van der Waals surface area contributed by atoms with Gasteiger partial charge in [0.15, 0.2) is 0 Å². The molecule has 0 aromatic carbocycles. The molecule has 0 unspecified atom stereocenters. The van der Waals surface area contributed by atoms with Gasteiger partial charge in [-0.05, 0) is 26.7 Å². The van der Waals surface area contributed by atoms with E-state index in [9.17, 15) is 14.7 Å². The van der Waals surface area contributed by atoms with Crippen LogP contribution >= 0.6 is 0 Å². The molecule has 1 aliphatic heterocycles. The highest BCUT2D eigenvalue weighted by atomic mass is 16.5. The maximum atomic E-state index is 11.8. The molecule has 0 atom stereocenters. The summed E-state index contributed by atoms with van der Waals surface area (Å²) in [7, 11) is 0. The number of likely N-dealkylation sites (tertiary alicyclic amines) is 1. The number of esters is 1. The van der Waals surface area contributed by atoms with Gasteiger partial charge in [-0.3, -0.25) is 9.59 Å². The Morgan fingerprint density at radius 3 is 2.41 bits per heavy atom. The Labute approximate surface area is 102 Å². The highest BCUT2D eigenvalue weighted by Crippen LogP contribution is 2.21. The third-order valence-corrected chi connectivity index (χ3v) is 3.04. The number of amides is 1. The summed E-state index contributed by atoms with van der Waals surface area (Å²) in [6.45, 7) is 5.00. The average Bonchev–Trinajstić information content (AvgIpc) is 2.26. The smallest absolute Gasteiger partial charge is 0.306 e. The van der Waals surface area contributed by atoms with Crippen LogP contribution in [0.25, 0.3) is 0 Å². The summed E-state index contributed by atoms with van der Waals surface area (Å²) in [4.78, 5) is 24.6. The number of piperidine rings is 1. The fraction of sp³-hybridized carbons (Fsp3) is 0.833. The maximum absolute atomic E-state index is 11.8. The summed E-state index contributed by atoms with van der Waals surface area (Å²) < 4.78 is 4.76. The van der Waals surface area contributed by atoms with E-state index in [1.54, 1.807) is 18.7 Å². The van der Waals surface area contributed by atoms with Crippen LogP contribution in [0, 0.1) is 0 Å². The lowest BCUT2D eigenvalue weighted by molar-refractivity contribution is -0.146. The van der Waals surface area contributed by atoms with E-state index in [-0.39, 0.29) is 24.7 Å². The fourth-order valence-corrected chi connectivity index (χ4v) is 1.84. The summed E-state index contributed by atoms with van der Waals surface area (Å²) in [5.41, 5.74) is -0.655. The molecule has 0 bridgehead atoms. The zero-order valence-electron chi connectivity index (χ0n) is 10.6. The largest absolute Gasteiger partial charge is 0.466 e. The summed E-state index contributed by atoms with van der Waals surface area (Å²) in [6.07, 6.45) is 1.52. The molecule has 0 aliphatic carbocycles. The van der Waals surface area contributed by atoms with Gasteiger partial charge in [-0.15, -0.1) is 0 Å². The van der Waals surface area contributed by atoms with Crippen molar-refractivity contribution in [3.63, 3.8) is 0 Å². The van der Waals surface area contributed by atoms with Crippen LogP contribution in [0.2, 0.25) is 0 Å². The van der Waals surface area contributed by atoms with Gasteiger partial charge in [0, 0.05) is 19.5 Å². The molecule has 0 radical (unpaired) electrons. The Morgan fingerprint density at radius 1 is 1.29 bits per heavy atom. The molecule has 1 amide bonds. The second-order valence-corrected chi connectivity index (χ2v) is 4.68. The first-order valence-corrected chi connectivity index (χ1v) is 6.10. The molecule has 0 aromatic rings. The summed E-state index contributed by atoms with van der Waals surface area (Å²) in [5, 5.41) is 9.75. The van der Waals surface area contributed by atoms with Crippen molar-refractivity contribution >= 4 is 11.9 Å². The lowest BCUT2D eigenvalue weighted by atomic mass is 9.93. The van der Waals surface area contributed by atoms with Gasteiger partial charge in [-0.1, -0.05) is 0 Å². The van der Waals surface area contributed by atoms with Crippen molar-refractivity contribution in [2.45, 2.75) is 45.1 Å². The molecule has 5 nitrogen and oxygen atoms in total. The Balaban J connectivity index is 2.27. The number of carbonyl (C=O) groups is 2. The number of ether oxygens (including phenoxy) is 1. The van der Waals surface area contributed by atoms with E-state index in [0.29, 0.717) is 32.5 Å². The third kappa shape index (κ3) is 4.73. The van der Waals surface area contributed by atoms with Gasteiger partial charge in [0.2, 0.25) is 5.91 Å². The second kappa shape index (κ2) is 6.00. The normalized spacial score (nSPS) is 18.9. The number of hydrogen-bond donors (Lipinski definition) is 1. The van der Waals surface area contributed by atoms with Crippen LogP contribution in [0.4, 0.5) is 0 Å². The van der Waals surface area contributed by atoms with E-state index in [2.05, 4.69) is 0 Å². The minimum Gasteiger partial charge on any atom is -0.466 e. The molecular weight excluding hydrogens is 222 g/mol. The minimum atomic E-state index is -0.655. The number of hydrogen-bond acceptors (Lipinski definition) is 4. The van der Waals surface area contributed by atoms with Crippen LogP contribution in [-0.2, 0) is 14.3 Å². The van der Waals surface area contributed by atoms with E-state index in [4.69, 9.17) is 4.74 Å². The monoisotopic (exact) mass is 243 g/mol. The number of rotatable bonds is 4. The molecule has 1 heterocycles. The van der Waals surface area contributed by atoms with Crippen molar-refractivity contribution < 1.29 is 19.4 Å². The minimum absolute atomic E-state index is 0.0337. The lowest BCUT2D eigenvalue weighted by Crippen LogP contribution is -2.45. The van der Waals surface area contributed by atoms with Gasteiger partial charge in [0.25, 0.3) is 0 Å². The molecule has 0 saturated carbocycles. The Bertz CT molecular complexity index is 278. The second-order valence-electron chi connectivity index (χ2n) is 4.68. The van der Waals surface area contributed by atoms with Gasteiger partial charge in [-0.2, -0.15) is 0 Å². The first-order valence-electron chi connectivity index (χ1n) is 6.10. The molecule has 5 heteroatoms. The van der Waals surface area contributed by atoms with E-state index in [1.807, 2.05) is 0 Å². The lowest BCUT2D eigenvalue weighted by Gasteiger charge is -2.35. The summed E-state index contributed by atoms with van der Waals surface area (Å²) >= 11 is 0. The van der Waals surface area contributed by atoms with Crippen molar-refractivity contribution in [1.82, 2.24) is 4.90 Å². The Kier molecular flexibility index (Phi) is 4.93. The quantitative estimate of drug-likeness (QED) is 0.738. The fourth-order valence-electron chi connectivity index (χ4n) is 1.84. The highest BCUT2D eigenvalue weighted by Gasteiger charge is 2.29. The zero-order chi connectivity index (χ0) is 12.9. The topological polar surface area (TPSA) is 66.8 Å². The van der Waals surface area contributed by atoms with Crippen LogP contribution in [0.3, 0.4) is 0 Å². The standard InChI is InChI=1S/C12H21NO4/c1-3-17-11(15)5-4-10(14)13-8-6-12(2,16)7-9-13/h16H,3-9H2,1-2H3. The molecule has 1 saturated heterocycles. The van der Waals surface area contributed by atoms with Gasteiger partial charge < -0.3 is 14.7 Å². The molecule has 1 N–H and O–H groups in total. The molecular formula is C12H21NO4. The predicted octanol–water partition coefficient (Wildman–Crippen LogP) is 0.703. The molecule has 1 aliphatic rings. The van der Waals surface area contributed by atoms with Crippen LogP contribution < -0.4 is 0 Å². The van der Waals surface area contributed by atoms with Crippen LogP contribution in [0.5, 0.6) is 0 Å². The Morgan fingerprint density at radius 2 is 1.88 bits per heavy atom. The van der Waals surface area contributed by atoms with Crippen molar-refractivity contribution in [2.75, 3.05) is 19.7 Å². The SMILES string of the molecule is CCOC(=O)CCC(=O)N1CCC(C)(O)CC1. The molecule has 0 spiro atoms. The first kappa shape index (κ1) is 14.0. The molecule has 1 rings (SSSR count). The van der Waals surface area contributed by atoms with Crippen LogP contribution in [0.1, 0.15) is 39.5 Å². The molecule has 0 aromatic heterocycles. The number of aliphatic hydroxyl groups is 1. The van der Waals surface area contributed by atoms with Crippen LogP contribution in [-0.4, -0.2) is 47.2 Å². The van der Waals surface area contributed by atoms with E-state index < -0.39 is 5.60 Å². The average molecular weight is 243 g/mol. The summed E-state index contributed by atoms with van der Waals surface area (Å²) in [6, 6.07) is 0. The number of carbonyl (C=O) groups excluding carboxylic acids is 2. The number of nitrogens with zero attached hydrogens (tertiary/aromatic N) is 1. The van der Waals surface area contributed by atoms with E-state index >= 15 is 0 Å². The Hall–Kier alpha value is -1.10. The van der Waals surface area contributed by atoms with Crippen molar-refractivity contribution in [3.8, 4) is 0 Å². The van der Waals surface area contributed by atoms with E-state index in [0.717, 1.165) is 0 Å². The van der Waals surface area contributed by atoms with E-state index in [1.165, 1.54) is 0 Å². The van der Waals surface area contributed by atoms with Crippen LogP contribution in [0.15, 0.2) is 0 Å². The predicted molar refractivity (Wildman–Crippen MR) is 62.3 cm³/mol. The highest BCUT2D eigenvalue weighted by molar-refractivity contribution is 5.81. The van der Waals surface area contributed by atoms with Crippen molar-refractivity contribution in [3.05, 3.63) is 0 Å². The summed E-state index contributed by atoms with van der Waals surface area (Å²) in [5.74, 6) is -0.363. The molecule has 1 fully saturated rings. The van der Waals surface area contributed by atoms with Crippen molar-refractivity contribution in [2.24, 2.45) is 0 Å². The van der Waals surface area contributed by atoms with Gasteiger partial charge in [-0.25, -0.2) is 0 Å². The van der Waals surface area contributed by atoms with Gasteiger partial charge in [0.1, 0.15) is 0 Å². The first-order chi connectivity index (χ1) is 7.94. The zero-order valence-corrected chi connectivity index (χ0v) is 10.6. The molecule has 98 valence electrons. The van der Waals surface area contributed by atoms with Gasteiger partial charge >= 0.3 is 5.97 Å². The third-order valence-electron chi connectivity index (χ3n) is 3.04. The molecule has 17 heavy (non-hydrogen) atoms. The van der Waals surface area contributed by atoms with Gasteiger partial charge in [0.05, 0.1) is 18.6 Å². The maximum Gasteiger partial charge on any atom is 0.306 e.